The van der Waals surface area contributed by atoms with Gasteiger partial charge in [-0.05, 0) is 49.4 Å². The first-order chi connectivity index (χ1) is 20.0. The molecule has 0 radical (unpaired) electrons. The summed E-state index contributed by atoms with van der Waals surface area (Å²) >= 11 is 0. The Morgan fingerprint density at radius 3 is 2.61 bits per heavy atom. The third-order valence-electron chi connectivity index (χ3n) is 7.41. The van der Waals surface area contributed by atoms with Crippen LogP contribution in [0.2, 0.25) is 0 Å². The lowest BCUT2D eigenvalue weighted by molar-refractivity contribution is 0.0947. The van der Waals surface area contributed by atoms with Gasteiger partial charge in [-0.3, -0.25) is 14.7 Å². The maximum Gasteiger partial charge on any atom is 0.251 e. The number of benzene rings is 3. The smallest absolute Gasteiger partial charge is 0.251 e. The van der Waals surface area contributed by atoms with Gasteiger partial charge in [-0.1, -0.05) is 29.8 Å². The Balaban J connectivity index is 1.19. The quantitative estimate of drug-likeness (QED) is 0.318. The van der Waals surface area contributed by atoms with Gasteiger partial charge in [0.15, 0.2) is 0 Å². The zero-order valence-electron chi connectivity index (χ0n) is 23.0. The molecule has 2 aliphatic rings. The summed E-state index contributed by atoms with van der Waals surface area (Å²) in [7, 11) is 0. The highest BCUT2D eigenvalue weighted by Gasteiger charge is 2.23. The highest BCUT2D eigenvalue weighted by atomic mass is 19.1. The van der Waals surface area contributed by atoms with Crippen LogP contribution < -0.4 is 16.0 Å². The van der Waals surface area contributed by atoms with E-state index in [1.165, 1.54) is 6.07 Å². The summed E-state index contributed by atoms with van der Waals surface area (Å²) in [4.78, 5) is 29.1. The predicted octanol–water partition coefficient (Wildman–Crippen LogP) is 4.32. The number of aryl methyl sites for hydroxylation is 1. The molecule has 41 heavy (non-hydrogen) atoms. The zero-order chi connectivity index (χ0) is 28.2. The fourth-order valence-corrected chi connectivity index (χ4v) is 5.21. The van der Waals surface area contributed by atoms with Crippen LogP contribution in [0.5, 0.6) is 0 Å². The summed E-state index contributed by atoms with van der Waals surface area (Å²) in [6.45, 7) is 7.80. The normalized spacial score (nSPS) is 14.8. The van der Waals surface area contributed by atoms with E-state index in [0.29, 0.717) is 35.9 Å². The van der Waals surface area contributed by atoms with Crippen molar-refractivity contribution < 1.29 is 9.18 Å². The number of nitrogens with one attached hydrogen (secondary N) is 3. The van der Waals surface area contributed by atoms with E-state index in [-0.39, 0.29) is 11.7 Å². The topological polar surface area (TPSA) is 94.5 Å². The van der Waals surface area contributed by atoms with Gasteiger partial charge in [0.05, 0.1) is 18.0 Å². The molecule has 0 bridgehead atoms. The fourth-order valence-electron chi connectivity index (χ4n) is 5.21. The fraction of sp³-hybridized carbons (Fsp3) is 0.250. The largest absolute Gasteiger partial charge is 0.351 e. The Morgan fingerprint density at radius 1 is 1.00 bits per heavy atom. The van der Waals surface area contributed by atoms with Crippen molar-refractivity contribution in [2.24, 2.45) is 4.99 Å². The second kappa shape index (κ2) is 12.0. The van der Waals surface area contributed by atoms with E-state index in [4.69, 9.17) is 9.98 Å². The second-order valence-electron chi connectivity index (χ2n) is 10.3. The van der Waals surface area contributed by atoms with Crippen LogP contribution in [0.3, 0.4) is 0 Å². The molecule has 1 amide bonds. The Morgan fingerprint density at radius 2 is 1.80 bits per heavy atom. The molecule has 3 N–H and O–H groups in total. The van der Waals surface area contributed by atoms with Crippen LogP contribution in [0.25, 0.3) is 11.3 Å². The predicted molar refractivity (Wildman–Crippen MR) is 159 cm³/mol. The van der Waals surface area contributed by atoms with Crippen LogP contribution in [0.1, 0.15) is 32.6 Å². The number of hydrogen-bond acceptors (Lipinski definition) is 7. The van der Waals surface area contributed by atoms with Crippen molar-refractivity contribution in [3.8, 4) is 11.3 Å². The molecule has 9 heteroatoms. The monoisotopic (exact) mass is 549 g/mol. The summed E-state index contributed by atoms with van der Waals surface area (Å²) in [5.74, 6) is 0.0261. The molecule has 1 fully saturated rings. The minimum atomic E-state index is -0.310. The number of aliphatic imine (C=N–C) groups is 1. The number of nitrogens with zero attached hydrogens (tertiary/aromatic N) is 4. The summed E-state index contributed by atoms with van der Waals surface area (Å²) < 4.78 is 14.8. The first kappa shape index (κ1) is 26.7. The van der Waals surface area contributed by atoms with E-state index in [9.17, 15) is 9.18 Å². The van der Waals surface area contributed by atoms with Crippen molar-refractivity contribution >= 4 is 23.3 Å². The lowest BCUT2D eigenvalue weighted by atomic mass is 9.93. The number of hydrogen-bond donors (Lipinski definition) is 3. The number of amides is 1. The number of halogens is 1. The van der Waals surface area contributed by atoms with E-state index in [2.05, 4.69) is 25.8 Å². The van der Waals surface area contributed by atoms with Crippen LogP contribution in [-0.4, -0.2) is 65.8 Å². The van der Waals surface area contributed by atoms with Gasteiger partial charge in [0.25, 0.3) is 5.91 Å². The van der Waals surface area contributed by atoms with E-state index in [0.717, 1.165) is 66.4 Å². The van der Waals surface area contributed by atoms with Crippen LogP contribution >= 0.6 is 0 Å². The van der Waals surface area contributed by atoms with Gasteiger partial charge in [-0.15, -0.1) is 0 Å². The van der Waals surface area contributed by atoms with Crippen LogP contribution in [0.15, 0.2) is 77.9 Å². The van der Waals surface area contributed by atoms with E-state index in [1.807, 2.05) is 43.3 Å². The molecule has 208 valence electrons. The number of carbonyl (C=O) groups is 1. The number of fused-ring (bicyclic) bond motifs is 3. The average molecular weight is 550 g/mol. The first-order valence-corrected chi connectivity index (χ1v) is 13.9. The Labute approximate surface area is 238 Å². The molecular weight excluding hydrogens is 517 g/mol. The molecule has 0 aliphatic carbocycles. The van der Waals surface area contributed by atoms with Gasteiger partial charge in [-0.25, -0.2) is 14.4 Å². The molecular formula is C32H32FN7O. The highest BCUT2D eigenvalue weighted by molar-refractivity contribution is 6.17. The molecule has 3 aromatic carbocycles. The van der Waals surface area contributed by atoms with Crippen molar-refractivity contribution in [3.63, 3.8) is 0 Å². The zero-order valence-corrected chi connectivity index (χ0v) is 23.0. The third kappa shape index (κ3) is 6.01. The van der Waals surface area contributed by atoms with Crippen LogP contribution in [0, 0.1) is 12.7 Å². The number of anilines is 2. The van der Waals surface area contributed by atoms with Crippen LogP contribution in [0.4, 0.5) is 16.0 Å². The molecule has 1 aromatic heterocycles. The second-order valence-corrected chi connectivity index (χ2v) is 10.3. The summed E-state index contributed by atoms with van der Waals surface area (Å²) in [6.07, 6.45) is 1.77. The lowest BCUT2D eigenvalue weighted by Gasteiger charge is -2.27. The van der Waals surface area contributed by atoms with Crippen molar-refractivity contribution in [3.05, 3.63) is 107 Å². The number of aromatic nitrogens is 2. The molecule has 0 atom stereocenters. The number of rotatable bonds is 7. The van der Waals surface area contributed by atoms with Crippen LogP contribution in [-0.2, 0) is 6.54 Å². The van der Waals surface area contributed by atoms with Gasteiger partial charge < -0.3 is 16.0 Å². The van der Waals surface area contributed by atoms with Gasteiger partial charge in [0.1, 0.15) is 5.82 Å². The standard InChI is InChI=1S/C32H32FN7O/c1-21-6-11-25-27(18-21)30(26-4-2-3-5-28(26)33)36-19-23-20-37-32(39-29(23)25)38-24-9-7-22(8-10-24)31(41)35-14-17-40-15-12-34-13-16-40/h2-11,18,20,34H,12-17,19H2,1H3,(H,35,41)(H,37,38,39). The third-order valence-corrected chi connectivity index (χ3v) is 7.41. The van der Waals surface area contributed by atoms with Gasteiger partial charge in [-0.2, -0.15) is 0 Å². The highest BCUT2D eigenvalue weighted by Crippen LogP contribution is 2.33. The molecule has 0 spiro atoms. The molecule has 2 aliphatic heterocycles. The summed E-state index contributed by atoms with van der Waals surface area (Å²) in [5, 5.41) is 9.60. The molecule has 4 aromatic rings. The lowest BCUT2D eigenvalue weighted by Crippen LogP contribution is -2.46. The molecule has 0 saturated carbocycles. The molecule has 8 nitrogen and oxygen atoms in total. The molecule has 0 unspecified atom stereocenters. The van der Waals surface area contributed by atoms with E-state index >= 15 is 0 Å². The first-order valence-electron chi connectivity index (χ1n) is 13.9. The maximum absolute atomic E-state index is 14.8. The maximum atomic E-state index is 14.8. The number of carbonyl (C=O) groups excluding carboxylic acids is 1. The van der Waals surface area contributed by atoms with Gasteiger partial charge in [0.2, 0.25) is 5.95 Å². The molecule has 3 heterocycles. The SMILES string of the molecule is Cc1ccc2c(c1)C(c1ccccc1F)=NCc1cnc(Nc3ccc(C(=O)NCCN4CCNCC4)cc3)nc1-2. The molecule has 1 saturated heterocycles. The van der Waals surface area contributed by atoms with Crippen molar-refractivity contribution in [1.29, 1.82) is 0 Å². The van der Waals surface area contributed by atoms with E-state index < -0.39 is 0 Å². The van der Waals surface area contributed by atoms with Crippen molar-refractivity contribution in [2.75, 3.05) is 44.6 Å². The summed E-state index contributed by atoms with van der Waals surface area (Å²) in [5.41, 5.74) is 6.82. The van der Waals surface area contributed by atoms with Crippen molar-refractivity contribution in [1.82, 2.24) is 25.5 Å². The van der Waals surface area contributed by atoms with Gasteiger partial charge in [0, 0.05) is 79.0 Å². The Bertz CT molecular complexity index is 1600. The van der Waals surface area contributed by atoms with Crippen molar-refractivity contribution in [2.45, 2.75) is 13.5 Å². The van der Waals surface area contributed by atoms with Gasteiger partial charge >= 0.3 is 0 Å². The Hall–Kier alpha value is -4.47. The van der Waals surface area contributed by atoms with E-state index in [1.54, 1.807) is 30.5 Å². The minimum Gasteiger partial charge on any atom is -0.351 e. The summed E-state index contributed by atoms with van der Waals surface area (Å²) in [6, 6.07) is 20.0. The Kier molecular flexibility index (Phi) is 7.80. The average Bonchev–Trinajstić information content (AvgIpc) is 3.14. The molecule has 6 rings (SSSR count). The number of piperazine rings is 1. The minimum absolute atomic E-state index is 0.0921.